The van der Waals surface area contributed by atoms with Crippen LogP contribution in [0.1, 0.15) is 37.6 Å². The Kier molecular flexibility index (Phi) is 6.50. The maximum Gasteiger partial charge on any atom is 0.339 e. The molecule has 0 aliphatic heterocycles. The molecule has 0 fully saturated rings. The number of non-ortho nitro benzene ring substituents is 2. The van der Waals surface area contributed by atoms with E-state index in [1.807, 2.05) is 0 Å². The molecule has 1 unspecified atom stereocenters. The Morgan fingerprint density at radius 3 is 2.04 bits per heavy atom. The van der Waals surface area contributed by atoms with Crippen molar-refractivity contribution in [1.82, 2.24) is 0 Å². The summed E-state index contributed by atoms with van der Waals surface area (Å²) < 4.78 is 33.9. The van der Waals surface area contributed by atoms with Crippen LogP contribution < -0.4 is 0 Å². The Labute approximate surface area is 153 Å². The van der Waals surface area contributed by atoms with Crippen molar-refractivity contribution in [3.05, 3.63) is 68.3 Å². The number of nitrogens with zero attached hydrogens (tertiary/aromatic N) is 2. The van der Waals surface area contributed by atoms with Crippen molar-refractivity contribution in [1.29, 1.82) is 0 Å². The molecule has 0 amide bonds. The summed E-state index contributed by atoms with van der Waals surface area (Å²) in [6.07, 6.45) is 1.27. The van der Waals surface area contributed by atoms with Gasteiger partial charge in [-0.2, -0.15) is 0 Å². The smallest absolute Gasteiger partial charge is 0.339 e. The maximum absolute atomic E-state index is 14.5. The van der Waals surface area contributed by atoms with Gasteiger partial charge in [0.1, 0.15) is 0 Å². The molecule has 0 aliphatic rings. The van der Waals surface area contributed by atoms with Crippen LogP contribution in [0.5, 0.6) is 0 Å². The molecule has 1 aromatic rings. The van der Waals surface area contributed by atoms with Crippen molar-refractivity contribution < 1.29 is 28.2 Å². The van der Waals surface area contributed by atoms with Crippen LogP contribution in [0.2, 0.25) is 0 Å². The van der Waals surface area contributed by atoms with E-state index >= 15 is 0 Å². The topological polar surface area (TPSA) is 113 Å². The molecular weight excluding hydrogens is 366 g/mol. The Bertz CT molecular complexity index is 785. The first kappa shape index (κ1) is 21.9. The van der Waals surface area contributed by atoms with E-state index in [1.165, 1.54) is 6.08 Å². The van der Waals surface area contributed by atoms with E-state index in [4.69, 9.17) is 4.74 Å². The first-order valence-corrected chi connectivity index (χ1v) is 7.65. The molecule has 0 saturated carbocycles. The van der Waals surface area contributed by atoms with Crippen LogP contribution in [0, 0.1) is 20.2 Å². The third-order valence-corrected chi connectivity index (χ3v) is 3.75. The van der Waals surface area contributed by atoms with Gasteiger partial charge in [0.15, 0.2) is 5.60 Å². The number of allylic oxidation sites excluding steroid dienone is 2. The van der Waals surface area contributed by atoms with E-state index in [0.29, 0.717) is 23.8 Å². The van der Waals surface area contributed by atoms with Crippen LogP contribution >= 0.6 is 0 Å². The number of carbonyl (C=O) groups excluding carboxylic acids is 1. The van der Waals surface area contributed by atoms with Gasteiger partial charge in [-0.1, -0.05) is 18.2 Å². The molecule has 27 heavy (non-hydrogen) atoms. The zero-order chi connectivity index (χ0) is 21.0. The first-order valence-electron chi connectivity index (χ1n) is 7.65. The number of alkyl halides is 2. The zero-order valence-electron chi connectivity index (χ0n) is 14.9. The number of halogens is 2. The van der Waals surface area contributed by atoms with E-state index < -0.39 is 50.7 Å². The van der Waals surface area contributed by atoms with Crippen molar-refractivity contribution in [2.45, 2.75) is 38.7 Å². The van der Waals surface area contributed by atoms with E-state index in [0.717, 1.165) is 13.0 Å². The van der Waals surface area contributed by atoms with Crippen molar-refractivity contribution in [2.24, 2.45) is 0 Å². The lowest BCUT2D eigenvalue weighted by atomic mass is 9.94. The first-order chi connectivity index (χ1) is 12.3. The fourth-order valence-corrected chi connectivity index (χ4v) is 1.98. The van der Waals surface area contributed by atoms with Crippen molar-refractivity contribution in [3.63, 3.8) is 0 Å². The number of carbonyl (C=O) groups is 1. The van der Waals surface area contributed by atoms with Crippen molar-refractivity contribution in [3.8, 4) is 0 Å². The number of esters is 1. The summed E-state index contributed by atoms with van der Waals surface area (Å²) in [6.45, 7) is 7.44. The molecule has 0 aromatic heterocycles. The minimum absolute atomic E-state index is 0.595. The summed E-state index contributed by atoms with van der Waals surface area (Å²) >= 11 is 0. The molecule has 1 atom stereocenters. The highest BCUT2D eigenvalue weighted by Crippen LogP contribution is 2.37. The molecule has 0 spiro atoms. The quantitative estimate of drug-likeness (QED) is 0.280. The molecule has 8 nitrogen and oxygen atoms in total. The van der Waals surface area contributed by atoms with Crippen molar-refractivity contribution in [2.75, 3.05) is 0 Å². The SMILES string of the molecule is C=CC(C)(OC(=O)c1cc([N+](=O)[O-])cc([N+](=O)[O-])c1)C(F)(F)CC=C(C)C. The number of nitro groups is 2. The number of rotatable bonds is 8. The molecular formula is C17H18F2N2O6. The predicted molar refractivity (Wildman–Crippen MR) is 92.8 cm³/mol. The lowest BCUT2D eigenvalue weighted by Gasteiger charge is -2.33. The zero-order valence-corrected chi connectivity index (χ0v) is 14.9. The van der Waals surface area contributed by atoms with E-state index in [9.17, 15) is 33.8 Å². The minimum atomic E-state index is -3.53. The van der Waals surface area contributed by atoms with Crippen LogP contribution in [-0.2, 0) is 4.74 Å². The number of ether oxygens (including phenoxy) is 1. The Balaban J connectivity index is 3.28. The Hall–Kier alpha value is -3.17. The van der Waals surface area contributed by atoms with Gasteiger partial charge in [-0.15, -0.1) is 0 Å². The van der Waals surface area contributed by atoms with Gasteiger partial charge in [0, 0.05) is 18.6 Å². The van der Waals surface area contributed by atoms with Crippen LogP contribution in [0.3, 0.4) is 0 Å². The molecule has 0 radical (unpaired) electrons. The lowest BCUT2D eigenvalue weighted by molar-refractivity contribution is -0.394. The number of hydrogen-bond acceptors (Lipinski definition) is 6. The summed E-state index contributed by atoms with van der Waals surface area (Å²) in [5, 5.41) is 21.8. The Morgan fingerprint density at radius 1 is 1.19 bits per heavy atom. The number of nitro benzene ring substituents is 2. The summed E-state index contributed by atoms with van der Waals surface area (Å²) in [6, 6.07) is 2.08. The van der Waals surface area contributed by atoms with Crippen LogP contribution in [0.4, 0.5) is 20.2 Å². The largest absolute Gasteiger partial charge is 0.445 e. The maximum atomic E-state index is 14.5. The third kappa shape index (κ3) is 5.16. The van der Waals surface area contributed by atoms with Gasteiger partial charge in [-0.25, -0.2) is 13.6 Å². The second kappa shape index (κ2) is 8.02. The van der Waals surface area contributed by atoms with Crippen LogP contribution in [0.15, 0.2) is 42.5 Å². The van der Waals surface area contributed by atoms with Gasteiger partial charge in [0.05, 0.1) is 21.5 Å². The average molecular weight is 384 g/mol. The third-order valence-electron chi connectivity index (χ3n) is 3.75. The summed E-state index contributed by atoms with van der Waals surface area (Å²) in [7, 11) is 0. The normalized spacial score (nSPS) is 13.2. The van der Waals surface area contributed by atoms with E-state index in [2.05, 4.69) is 6.58 Å². The Morgan fingerprint density at radius 2 is 1.67 bits per heavy atom. The molecule has 146 valence electrons. The molecule has 1 rings (SSSR count). The highest BCUT2D eigenvalue weighted by Gasteiger charge is 2.50. The van der Waals surface area contributed by atoms with Gasteiger partial charge < -0.3 is 4.74 Å². The molecule has 10 heteroatoms. The highest BCUT2D eigenvalue weighted by atomic mass is 19.3. The fraction of sp³-hybridized carbons (Fsp3) is 0.353. The molecule has 0 N–H and O–H groups in total. The van der Waals surface area contributed by atoms with Crippen LogP contribution in [-0.4, -0.2) is 27.3 Å². The minimum Gasteiger partial charge on any atom is -0.445 e. The average Bonchev–Trinajstić information content (AvgIpc) is 2.59. The lowest BCUT2D eigenvalue weighted by Crippen LogP contribution is -2.47. The van der Waals surface area contributed by atoms with Gasteiger partial charge in [-0.3, -0.25) is 20.2 Å². The van der Waals surface area contributed by atoms with E-state index in [1.54, 1.807) is 13.8 Å². The van der Waals surface area contributed by atoms with E-state index in [-0.39, 0.29) is 0 Å². The van der Waals surface area contributed by atoms with Gasteiger partial charge in [0.2, 0.25) is 0 Å². The second-order valence-electron chi connectivity index (χ2n) is 6.14. The number of hydrogen-bond donors (Lipinski definition) is 0. The molecule has 0 saturated heterocycles. The van der Waals surface area contributed by atoms with Crippen LogP contribution in [0.25, 0.3) is 0 Å². The van der Waals surface area contributed by atoms with Gasteiger partial charge >= 0.3 is 5.97 Å². The molecule has 0 aliphatic carbocycles. The molecule has 0 heterocycles. The van der Waals surface area contributed by atoms with Gasteiger partial charge in [-0.05, 0) is 26.8 Å². The summed E-state index contributed by atoms with van der Waals surface area (Å²) in [4.78, 5) is 32.2. The number of benzene rings is 1. The predicted octanol–water partition coefficient (Wildman–Crippen LogP) is 4.60. The van der Waals surface area contributed by atoms with Gasteiger partial charge in [0.25, 0.3) is 17.3 Å². The standard InChI is InChI=1S/C17H18F2N2O6/c1-5-16(4,17(18,19)7-6-11(2)3)27-15(22)12-8-13(20(23)24)10-14(9-12)21(25)26/h5-6,8-10H,1,7H2,2-4H3. The molecule has 0 bridgehead atoms. The van der Waals surface area contributed by atoms with Crippen molar-refractivity contribution >= 4 is 17.3 Å². The summed E-state index contributed by atoms with van der Waals surface area (Å²) in [5.41, 5.74) is -3.89. The second-order valence-corrected chi connectivity index (χ2v) is 6.14. The monoisotopic (exact) mass is 384 g/mol. The molecule has 1 aromatic carbocycles. The summed E-state index contributed by atoms with van der Waals surface area (Å²) in [5.74, 6) is -4.91. The highest BCUT2D eigenvalue weighted by molar-refractivity contribution is 5.91. The fourth-order valence-electron chi connectivity index (χ4n) is 1.98.